The summed E-state index contributed by atoms with van der Waals surface area (Å²) in [6.07, 6.45) is 91.8. The minimum Gasteiger partial charge on any atom is -0.462 e. The summed E-state index contributed by atoms with van der Waals surface area (Å²) in [4.78, 5) is 38.4. The van der Waals surface area contributed by atoms with Crippen molar-refractivity contribution in [1.82, 2.24) is 0 Å². The zero-order chi connectivity index (χ0) is 59.9. The minimum atomic E-state index is -0.773. The van der Waals surface area contributed by atoms with Crippen LogP contribution < -0.4 is 0 Å². The van der Waals surface area contributed by atoms with Gasteiger partial charge in [-0.05, 0) is 57.8 Å². The van der Waals surface area contributed by atoms with Gasteiger partial charge in [0.2, 0.25) is 0 Å². The van der Waals surface area contributed by atoms with Crippen LogP contribution in [0.4, 0.5) is 0 Å². The van der Waals surface area contributed by atoms with E-state index >= 15 is 0 Å². The van der Waals surface area contributed by atoms with Crippen molar-refractivity contribution in [2.24, 2.45) is 0 Å². The molecule has 0 saturated carbocycles. The first kappa shape index (κ1) is 80.4. The third-order valence-electron chi connectivity index (χ3n) is 16.8. The number of allylic oxidation sites excluding steroid dienone is 8. The maximum atomic E-state index is 12.9. The molecular formula is C77H142O6. The second kappa shape index (κ2) is 71.8. The summed E-state index contributed by atoms with van der Waals surface area (Å²) in [5, 5.41) is 0. The summed E-state index contributed by atoms with van der Waals surface area (Å²) in [5.41, 5.74) is 0. The van der Waals surface area contributed by atoms with Crippen molar-refractivity contribution in [1.29, 1.82) is 0 Å². The molecule has 0 aliphatic rings. The molecule has 0 amide bonds. The molecule has 0 aromatic rings. The number of ether oxygens (including phenoxy) is 3. The Morgan fingerprint density at radius 2 is 0.470 bits per heavy atom. The molecule has 1 unspecified atom stereocenters. The average Bonchev–Trinajstić information content (AvgIpc) is 3.48. The molecule has 0 spiro atoms. The van der Waals surface area contributed by atoms with Crippen LogP contribution in [0.1, 0.15) is 406 Å². The molecule has 0 aliphatic carbocycles. The largest absolute Gasteiger partial charge is 0.462 e. The van der Waals surface area contributed by atoms with Gasteiger partial charge in [-0.3, -0.25) is 14.4 Å². The maximum absolute atomic E-state index is 12.9. The van der Waals surface area contributed by atoms with Crippen molar-refractivity contribution in [3.63, 3.8) is 0 Å². The highest BCUT2D eigenvalue weighted by molar-refractivity contribution is 5.71. The van der Waals surface area contributed by atoms with Gasteiger partial charge in [-0.25, -0.2) is 0 Å². The normalized spacial score (nSPS) is 12.3. The Bertz CT molecular complexity index is 1430. The van der Waals surface area contributed by atoms with Crippen LogP contribution in [0, 0.1) is 0 Å². The van der Waals surface area contributed by atoms with E-state index in [1.165, 1.54) is 283 Å². The summed E-state index contributed by atoms with van der Waals surface area (Å²) in [6, 6.07) is 0. The van der Waals surface area contributed by atoms with Crippen LogP contribution in [-0.4, -0.2) is 37.2 Å². The monoisotopic (exact) mass is 1160 g/mol. The van der Waals surface area contributed by atoms with Gasteiger partial charge in [0.15, 0.2) is 6.10 Å². The lowest BCUT2D eigenvalue weighted by molar-refractivity contribution is -0.167. The Morgan fingerprint density at radius 3 is 0.735 bits per heavy atom. The zero-order valence-corrected chi connectivity index (χ0v) is 56.0. The van der Waals surface area contributed by atoms with Crippen molar-refractivity contribution in [3.8, 4) is 0 Å². The van der Waals surface area contributed by atoms with Crippen LogP contribution in [0.15, 0.2) is 48.6 Å². The highest BCUT2D eigenvalue weighted by Crippen LogP contribution is 2.19. The van der Waals surface area contributed by atoms with Gasteiger partial charge in [0, 0.05) is 19.3 Å². The average molecular weight is 1160 g/mol. The van der Waals surface area contributed by atoms with E-state index < -0.39 is 6.10 Å². The molecule has 0 bridgehead atoms. The molecule has 486 valence electrons. The molecule has 0 aromatic heterocycles. The fourth-order valence-electron chi connectivity index (χ4n) is 11.3. The summed E-state index contributed by atoms with van der Waals surface area (Å²) in [6.45, 7) is 6.58. The molecule has 1 atom stereocenters. The summed E-state index contributed by atoms with van der Waals surface area (Å²) < 4.78 is 17.0. The first-order valence-electron chi connectivity index (χ1n) is 37.1. The highest BCUT2D eigenvalue weighted by atomic mass is 16.6. The summed E-state index contributed by atoms with van der Waals surface area (Å²) >= 11 is 0. The van der Waals surface area contributed by atoms with E-state index in [0.29, 0.717) is 19.3 Å². The number of esters is 3. The van der Waals surface area contributed by atoms with Gasteiger partial charge in [0.25, 0.3) is 0 Å². The third kappa shape index (κ3) is 70.0. The predicted octanol–water partition coefficient (Wildman–Crippen LogP) is 25.7. The van der Waals surface area contributed by atoms with Gasteiger partial charge in [0.05, 0.1) is 0 Å². The number of rotatable bonds is 69. The summed E-state index contributed by atoms with van der Waals surface area (Å²) in [5.74, 6) is -0.848. The van der Waals surface area contributed by atoms with Crippen molar-refractivity contribution in [3.05, 3.63) is 48.6 Å². The molecule has 0 aromatic carbocycles. The zero-order valence-electron chi connectivity index (χ0n) is 56.0. The Hall–Kier alpha value is -2.63. The number of unbranched alkanes of at least 4 members (excludes halogenated alkanes) is 50. The van der Waals surface area contributed by atoms with Crippen molar-refractivity contribution >= 4 is 17.9 Å². The Kier molecular flexibility index (Phi) is 69.6. The molecule has 6 nitrogen and oxygen atoms in total. The second-order valence-electron chi connectivity index (χ2n) is 25.2. The molecule has 0 radical (unpaired) electrons. The first-order chi connectivity index (χ1) is 41.0. The van der Waals surface area contributed by atoms with E-state index in [1.54, 1.807) is 0 Å². The van der Waals surface area contributed by atoms with Crippen molar-refractivity contribution in [2.45, 2.75) is 412 Å². The van der Waals surface area contributed by atoms with E-state index in [-0.39, 0.29) is 31.1 Å². The number of hydrogen-bond donors (Lipinski definition) is 0. The van der Waals surface area contributed by atoms with Crippen molar-refractivity contribution in [2.75, 3.05) is 13.2 Å². The minimum absolute atomic E-state index is 0.0693. The molecule has 6 heteroatoms. The van der Waals surface area contributed by atoms with Crippen molar-refractivity contribution < 1.29 is 28.6 Å². The highest BCUT2D eigenvalue weighted by Gasteiger charge is 2.20. The SMILES string of the molecule is CC/C=C\C/C=C\C/C=C\C/C=C\CCCCCCCCCCCCC(=O)OC(COC(=O)CCCCCCCCCCCC)COC(=O)CCCCCCCCCCCCCCCCCCCCCCCCCCCCCCCCCC. The molecule has 0 fully saturated rings. The van der Waals surface area contributed by atoms with Crippen LogP contribution in [0.25, 0.3) is 0 Å². The molecule has 0 saturated heterocycles. The van der Waals surface area contributed by atoms with Gasteiger partial charge < -0.3 is 14.2 Å². The lowest BCUT2D eigenvalue weighted by Crippen LogP contribution is -2.30. The van der Waals surface area contributed by atoms with E-state index in [9.17, 15) is 14.4 Å². The molecule has 0 N–H and O–H groups in total. The Morgan fingerprint density at radius 1 is 0.253 bits per heavy atom. The first-order valence-corrected chi connectivity index (χ1v) is 37.1. The number of hydrogen-bond acceptors (Lipinski definition) is 6. The van der Waals surface area contributed by atoms with Gasteiger partial charge in [-0.1, -0.05) is 378 Å². The molecule has 0 aliphatic heterocycles. The molecule has 0 heterocycles. The topological polar surface area (TPSA) is 78.9 Å². The number of carbonyl (C=O) groups excluding carboxylic acids is 3. The van der Waals surface area contributed by atoms with Gasteiger partial charge in [-0.15, -0.1) is 0 Å². The number of carbonyl (C=O) groups is 3. The van der Waals surface area contributed by atoms with Gasteiger partial charge in [-0.2, -0.15) is 0 Å². The van der Waals surface area contributed by atoms with Crippen LogP contribution in [0.5, 0.6) is 0 Å². The van der Waals surface area contributed by atoms with Gasteiger partial charge >= 0.3 is 17.9 Å². The van der Waals surface area contributed by atoms with Crippen LogP contribution in [-0.2, 0) is 28.6 Å². The Balaban J connectivity index is 4.08. The Labute approximate surface area is 518 Å². The predicted molar refractivity (Wildman–Crippen MR) is 362 cm³/mol. The van der Waals surface area contributed by atoms with E-state index in [0.717, 1.165) is 83.5 Å². The molecule has 0 rings (SSSR count). The van der Waals surface area contributed by atoms with E-state index in [2.05, 4.69) is 69.4 Å². The smallest absolute Gasteiger partial charge is 0.306 e. The maximum Gasteiger partial charge on any atom is 0.306 e. The quantitative estimate of drug-likeness (QED) is 0.0261. The van der Waals surface area contributed by atoms with Crippen LogP contribution in [0.3, 0.4) is 0 Å². The molecule has 83 heavy (non-hydrogen) atoms. The lowest BCUT2D eigenvalue weighted by atomic mass is 10.0. The van der Waals surface area contributed by atoms with Crippen LogP contribution in [0.2, 0.25) is 0 Å². The van der Waals surface area contributed by atoms with Crippen LogP contribution >= 0.6 is 0 Å². The van der Waals surface area contributed by atoms with Gasteiger partial charge in [0.1, 0.15) is 13.2 Å². The lowest BCUT2D eigenvalue weighted by Gasteiger charge is -2.18. The standard InChI is InChI=1S/C77H142O6/c1-4-7-10-13-16-19-22-24-26-28-30-32-34-35-36-37-38-39-40-41-42-44-45-47-49-51-53-55-58-61-64-67-70-76(79)82-73-74(72-81-75(78)69-66-63-60-57-21-18-15-12-9-6-3)83-77(80)71-68-65-62-59-56-54-52-50-48-46-43-33-31-29-27-25-23-20-17-14-11-8-5-2/h8,11,17,20,25,27,31,33,74H,4-7,9-10,12-16,18-19,21-24,26,28-30,32,34-73H2,1-3H3/b11-8-,20-17-,27-25-,33-31-. The second-order valence-corrected chi connectivity index (χ2v) is 25.2. The fraction of sp³-hybridized carbons (Fsp3) is 0.857. The van der Waals surface area contributed by atoms with E-state index in [1.807, 2.05) is 0 Å². The third-order valence-corrected chi connectivity index (χ3v) is 16.8. The molecular weight excluding hydrogens is 1020 g/mol. The summed E-state index contributed by atoms with van der Waals surface area (Å²) in [7, 11) is 0. The fourth-order valence-corrected chi connectivity index (χ4v) is 11.3. The van der Waals surface area contributed by atoms with E-state index in [4.69, 9.17) is 14.2 Å².